The molecule has 0 saturated carbocycles. The molecule has 14 heteroatoms. The Bertz CT molecular complexity index is 1240. The van der Waals surface area contributed by atoms with Crippen LogP contribution in [0.25, 0.3) is 0 Å². The van der Waals surface area contributed by atoms with Gasteiger partial charge in [0.2, 0.25) is 5.91 Å². The van der Waals surface area contributed by atoms with Gasteiger partial charge in [-0.1, -0.05) is 238 Å². The molecule has 2 rings (SSSR count). The number of aliphatic hydroxyl groups excluding tert-OH is 8. The standard InChI is InChI=1S/C57H109NO13/c1-3-5-7-9-11-13-15-17-19-20-21-22-23-24-25-27-29-31-33-35-37-39-41-49(62)58-45(46(61)40-38-36-34-32-30-28-26-18-16-14-12-10-8-6-4-2)44-68-56-54(67)52(65)55(48(43-60)70-56)71-57-53(66)51(64)50(63)47(42-59)69-57/h38,40,45-48,50-57,59-61,63-67H,3-37,39,41-44H2,1-2H3,(H,58,62)/b40-38+/t45-,46+,47+,48+,50-,51?,52?,53?,54?,55+,56+,57-/m0/s1. The van der Waals surface area contributed by atoms with E-state index in [-0.39, 0.29) is 18.9 Å². The van der Waals surface area contributed by atoms with E-state index in [0.29, 0.717) is 6.42 Å². The Labute approximate surface area is 431 Å². The van der Waals surface area contributed by atoms with Gasteiger partial charge >= 0.3 is 0 Å². The Morgan fingerprint density at radius 2 is 0.873 bits per heavy atom. The second-order valence-electron chi connectivity index (χ2n) is 21.1. The van der Waals surface area contributed by atoms with Gasteiger partial charge in [0.25, 0.3) is 0 Å². The predicted molar refractivity (Wildman–Crippen MR) is 282 cm³/mol. The molecule has 9 N–H and O–H groups in total. The molecule has 420 valence electrons. The summed E-state index contributed by atoms with van der Waals surface area (Å²) in [5, 5.41) is 87.0. The van der Waals surface area contributed by atoms with Crippen LogP contribution in [0.5, 0.6) is 0 Å². The summed E-state index contributed by atoms with van der Waals surface area (Å²) in [6.45, 7) is 2.82. The minimum atomic E-state index is -1.78. The van der Waals surface area contributed by atoms with Crippen molar-refractivity contribution in [3.63, 3.8) is 0 Å². The Morgan fingerprint density at radius 1 is 0.493 bits per heavy atom. The number of nitrogens with one attached hydrogen (secondary N) is 1. The first-order chi connectivity index (χ1) is 34.6. The Balaban J connectivity index is 1.75. The molecule has 0 radical (unpaired) electrons. The number of ether oxygens (including phenoxy) is 4. The van der Waals surface area contributed by atoms with Gasteiger partial charge in [0, 0.05) is 6.42 Å². The molecular weight excluding hydrogens is 907 g/mol. The molecule has 71 heavy (non-hydrogen) atoms. The zero-order chi connectivity index (χ0) is 51.7. The van der Waals surface area contributed by atoms with Crippen LogP contribution in [-0.2, 0) is 23.7 Å². The average Bonchev–Trinajstić information content (AvgIpc) is 3.37. The second kappa shape index (κ2) is 43.9. The topological polar surface area (TPSA) is 228 Å². The number of amides is 1. The van der Waals surface area contributed by atoms with Crippen LogP contribution >= 0.6 is 0 Å². The molecule has 12 atom stereocenters. The van der Waals surface area contributed by atoms with Crippen LogP contribution in [-0.4, -0.2) is 140 Å². The lowest BCUT2D eigenvalue weighted by atomic mass is 9.97. The summed E-state index contributed by atoms with van der Waals surface area (Å²) >= 11 is 0. The number of aliphatic hydroxyl groups is 8. The molecule has 0 aliphatic carbocycles. The lowest BCUT2D eigenvalue weighted by molar-refractivity contribution is -0.359. The van der Waals surface area contributed by atoms with E-state index in [9.17, 15) is 45.6 Å². The van der Waals surface area contributed by atoms with Gasteiger partial charge in [-0.3, -0.25) is 4.79 Å². The fourth-order valence-electron chi connectivity index (χ4n) is 9.94. The van der Waals surface area contributed by atoms with Crippen molar-refractivity contribution in [2.75, 3.05) is 19.8 Å². The fourth-order valence-corrected chi connectivity index (χ4v) is 9.94. The van der Waals surface area contributed by atoms with Gasteiger partial charge in [-0.15, -0.1) is 0 Å². The predicted octanol–water partition coefficient (Wildman–Crippen LogP) is 9.50. The minimum Gasteiger partial charge on any atom is -0.394 e. The molecule has 2 saturated heterocycles. The maximum atomic E-state index is 13.2. The first-order valence-electron chi connectivity index (χ1n) is 29.4. The van der Waals surface area contributed by atoms with Crippen LogP contribution in [0.2, 0.25) is 0 Å². The first kappa shape index (κ1) is 65.8. The third-order valence-electron chi connectivity index (χ3n) is 14.7. The molecule has 4 unspecified atom stereocenters. The maximum absolute atomic E-state index is 13.2. The zero-order valence-corrected chi connectivity index (χ0v) is 45.0. The van der Waals surface area contributed by atoms with Gasteiger partial charge in [0.1, 0.15) is 48.8 Å². The van der Waals surface area contributed by atoms with Crippen LogP contribution in [0.1, 0.15) is 251 Å². The molecule has 0 spiro atoms. The van der Waals surface area contributed by atoms with Crippen molar-refractivity contribution in [1.29, 1.82) is 0 Å². The monoisotopic (exact) mass is 1020 g/mol. The summed E-state index contributed by atoms with van der Waals surface area (Å²) in [7, 11) is 0. The van der Waals surface area contributed by atoms with E-state index in [0.717, 1.165) is 38.5 Å². The number of carbonyl (C=O) groups excluding carboxylic acids is 1. The van der Waals surface area contributed by atoms with Crippen LogP contribution in [0, 0.1) is 0 Å². The second-order valence-corrected chi connectivity index (χ2v) is 21.1. The molecular formula is C57H109NO13. The van der Waals surface area contributed by atoms with Crippen LogP contribution in [0.3, 0.4) is 0 Å². The van der Waals surface area contributed by atoms with Crippen molar-refractivity contribution in [2.24, 2.45) is 0 Å². The van der Waals surface area contributed by atoms with Crippen molar-refractivity contribution < 1.29 is 64.6 Å². The highest BCUT2D eigenvalue weighted by Gasteiger charge is 2.51. The Kier molecular flexibility index (Phi) is 40.7. The summed E-state index contributed by atoms with van der Waals surface area (Å²) < 4.78 is 22.8. The van der Waals surface area contributed by atoms with Gasteiger partial charge in [0.15, 0.2) is 12.6 Å². The highest BCUT2D eigenvalue weighted by Crippen LogP contribution is 2.30. The molecule has 0 bridgehead atoms. The van der Waals surface area contributed by atoms with Gasteiger partial charge in [-0.25, -0.2) is 0 Å². The van der Waals surface area contributed by atoms with Gasteiger partial charge < -0.3 is 65.1 Å². The molecule has 0 aromatic heterocycles. The zero-order valence-electron chi connectivity index (χ0n) is 45.0. The van der Waals surface area contributed by atoms with E-state index in [1.54, 1.807) is 6.08 Å². The van der Waals surface area contributed by atoms with Crippen molar-refractivity contribution in [3.05, 3.63) is 12.2 Å². The van der Waals surface area contributed by atoms with Crippen molar-refractivity contribution >= 4 is 5.91 Å². The third-order valence-corrected chi connectivity index (χ3v) is 14.7. The summed E-state index contributed by atoms with van der Waals surface area (Å²) in [6.07, 6.45) is 32.5. The molecule has 2 heterocycles. The van der Waals surface area contributed by atoms with Crippen molar-refractivity contribution in [3.8, 4) is 0 Å². The van der Waals surface area contributed by atoms with E-state index in [1.807, 2.05) is 6.08 Å². The largest absolute Gasteiger partial charge is 0.394 e. The third kappa shape index (κ3) is 30.2. The average molecular weight is 1020 g/mol. The van der Waals surface area contributed by atoms with Crippen molar-refractivity contribution in [2.45, 2.75) is 325 Å². The van der Waals surface area contributed by atoms with Gasteiger partial charge in [0.05, 0.1) is 32.0 Å². The number of hydrogen-bond acceptors (Lipinski definition) is 13. The number of hydrogen-bond donors (Lipinski definition) is 9. The summed E-state index contributed by atoms with van der Waals surface area (Å²) in [5.74, 6) is -0.234. The maximum Gasteiger partial charge on any atom is 0.220 e. The van der Waals surface area contributed by atoms with Gasteiger partial charge in [-0.05, 0) is 19.3 Å². The molecule has 0 aromatic rings. The molecule has 2 fully saturated rings. The molecule has 0 aromatic carbocycles. The highest BCUT2D eigenvalue weighted by molar-refractivity contribution is 5.76. The highest BCUT2D eigenvalue weighted by atomic mass is 16.7. The number of unbranched alkanes of at least 4 members (excludes halogenated alkanes) is 34. The number of allylic oxidation sites excluding steroid dienone is 1. The summed E-state index contributed by atoms with van der Waals surface area (Å²) in [6, 6.07) is -0.909. The molecule has 2 aliphatic heterocycles. The lowest BCUT2D eigenvalue weighted by Crippen LogP contribution is -2.65. The summed E-state index contributed by atoms with van der Waals surface area (Å²) in [4.78, 5) is 13.2. The SMILES string of the molecule is CCCCCCCCCCCCCCC/C=C/[C@@H](O)[C@H](CO[C@@H]1O[C@H](CO)[C@@H](O[C@@H]2O[C@H](CO)[C@H](O)C(O)C2O)C(O)C1O)NC(=O)CCCCCCCCCCCCCCCCCCCCCCCC. The van der Waals surface area contributed by atoms with E-state index >= 15 is 0 Å². The quantitative estimate of drug-likeness (QED) is 0.0205. The van der Waals surface area contributed by atoms with E-state index in [4.69, 9.17) is 18.9 Å². The number of rotatable bonds is 47. The van der Waals surface area contributed by atoms with E-state index in [2.05, 4.69) is 19.2 Å². The molecule has 2 aliphatic rings. The first-order valence-corrected chi connectivity index (χ1v) is 29.4. The molecule has 1 amide bonds. The van der Waals surface area contributed by atoms with E-state index < -0.39 is 86.8 Å². The van der Waals surface area contributed by atoms with E-state index in [1.165, 1.54) is 186 Å². The Morgan fingerprint density at radius 3 is 1.30 bits per heavy atom. The molecule has 14 nitrogen and oxygen atoms in total. The smallest absolute Gasteiger partial charge is 0.220 e. The van der Waals surface area contributed by atoms with Crippen molar-refractivity contribution in [1.82, 2.24) is 5.32 Å². The van der Waals surface area contributed by atoms with Crippen LogP contribution in [0.4, 0.5) is 0 Å². The van der Waals surface area contributed by atoms with Crippen LogP contribution < -0.4 is 5.32 Å². The fraction of sp³-hybridized carbons (Fsp3) is 0.947. The normalized spacial score (nSPS) is 25.8. The lowest BCUT2D eigenvalue weighted by Gasteiger charge is -2.46. The Hall–Kier alpha value is -1.27. The minimum absolute atomic E-state index is 0.234. The van der Waals surface area contributed by atoms with Crippen LogP contribution in [0.15, 0.2) is 12.2 Å². The summed E-state index contributed by atoms with van der Waals surface area (Å²) in [5.41, 5.74) is 0. The van der Waals surface area contributed by atoms with Gasteiger partial charge in [-0.2, -0.15) is 0 Å². The number of carbonyl (C=O) groups is 1.